The van der Waals surface area contributed by atoms with Gasteiger partial charge in [-0.2, -0.15) is 14.6 Å². The molecule has 0 radical (unpaired) electrons. The van der Waals surface area contributed by atoms with Gasteiger partial charge in [0, 0.05) is 19.7 Å². The van der Waals surface area contributed by atoms with Gasteiger partial charge in [0.05, 0.1) is 6.20 Å². The molecule has 0 fully saturated rings. The molecule has 0 atom stereocenters. The number of benzene rings is 1. The molecule has 8 heteroatoms. The second-order valence-corrected chi connectivity index (χ2v) is 5.21. The van der Waals surface area contributed by atoms with Crippen molar-refractivity contribution in [2.24, 2.45) is 14.1 Å². The number of nitrogens with zero attached hydrogens (tertiary/aromatic N) is 6. The molecular formula is C15H12N6O2. The van der Waals surface area contributed by atoms with E-state index >= 15 is 0 Å². The van der Waals surface area contributed by atoms with Crippen molar-refractivity contribution in [1.82, 2.24) is 28.7 Å². The van der Waals surface area contributed by atoms with E-state index in [0.29, 0.717) is 5.69 Å². The molecule has 0 aliphatic heterocycles. The molecule has 1 aromatic carbocycles. The summed E-state index contributed by atoms with van der Waals surface area (Å²) < 4.78 is 3.74. The number of aromatic nitrogens is 6. The maximum atomic E-state index is 12.4. The van der Waals surface area contributed by atoms with E-state index in [1.165, 1.54) is 16.1 Å². The minimum absolute atomic E-state index is 0.231. The first-order chi connectivity index (χ1) is 11.1. The molecule has 23 heavy (non-hydrogen) atoms. The molecular weight excluding hydrogens is 296 g/mol. The highest BCUT2D eigenvalue weighted by molar-refractivity contribution is 5.75. The van der Waals surface area contributed by atoms with Gasteiger partial charge in [-0.3, -0.25) is 13.9 Å². The van der Waals surface area contributed by atoms with E-state index in [1.807, 2.05) is 30.3 Å². The maximum Gasteiger partial charge on any atom is 0.332 e. The molecule has 8 nitrogen and oxygen atoms in total. The van der Waals surface area contributed by atoms with E-state index in [-0.39, 0.29) is 16.9 Å². The topological polar surface area (TPSA) is 87.1 Å². The van der Waals surface area contributed by atoms with Crippen LogP contribution in [0.1, 0.15) is 0 Å². The summed E-state index contributed by atoms with van der Waals surface area (Å²) >= 11 is 0. The number of aryl methyl sites for hydroxylation is 1. The zero-order valence-corrected chi connectivity index (χ0v) is 12.5. The fourth-order valence-electron chi connectivity index (χ4n) is 2.54. The average Bonchev–Trinajstić information content (AvgIpc) is 2.97. The third-order valence-corrected chi connectivity index (χ3v) is 3.80. The number of imidazole rings is 1. The molecule has 0 spiro atoms. The molecule has 3 aromatic heterocycles. The van der Waals surface area contributed by atoms with Crippen molar-refractivity contribution in [3.63, 3.8) is 0 Å². The van der Waals surface area contributed by atoms with Crippen molar-refractivity contribution >= 4 is 16.9 Å². The largest absolute Gasteiger partial charge is 0.332 e. The standard InChI is InChI=1S/C15H12N6O2/c1-19-12-11(13(22)20(2)15(19)23)21-14(17-12)16-8-10(18-21)9-6-4-3-5-7-9/h3-8H,1-2H3. The highest BCUT2D eigenvalue weighted by atomic mass is 16.2. The van der Waals surface area contributed by atoms with Crippen LogP contribution in [-0.2, 0) is 14.1 Å². The lowest BCUT2D eigenvalue weighted by Crippen LogP contribution is -2.37. The number of rotatable bonds is 1. The third-order valence-electron chi connectivity index (χ3n) is 3.80. The summed E-state index contributed by atoms with van der Waals surface area (Å²) in [6, 6.07) is 9.52. The van der Waals surface area contributed by atoms with Crippen LogP contribution in [-0.4, -0.2) is 28.7 Å². The van der Waals surface area contributed by atoms with Crippen LogP contribution in [0.4, 0.5) is 0 Å². The molecule has 3 heterocycles. The zero-order valence-electron chi connectivity index (χ0n) is 12.5. The van der Waals surface area contributed by atoms with Gasteiger partial charge in [0.2, 0.25) is 0 Å². The van der Waals surface area contributed by atoms with Crippen LogP contribution < -0.4 is 11.2 Å². The van der Waals surface area contributed by atoms with E-state index in [1.54, 1.807) is 13.2 Å². The van der Waals surface area contributed by atoms with Crippen LogP contribution >= 0.6 is 0 Å². The molecule has 0 N–H and O–H groups in total. The van der Waals surface area contributed by atoms with Gasteiger partial charge in [-0.15, -0.1) is 0 Å². The maximum absolute atomic E-state index is 12.4. The van der Waals surface area contributed by atoms with Gasteiger partial charge in [0.25, 0.3) is 11.3 Å². The Morgan fingerprint density at radius 3 is 2.48 bits per heavy atom. The Kier molecular flexibility index (Phi) is 2.68. The van der Waals surface area contributed by atoms with E-state index in [0.717, 1.165) is 10.1 Å². The van der Waals surface area contributed by atoms with E-state index < -0.39 is 11.2 Å². The number of hydrogen-bond donors (Lipinski definition) is 0. The first-order valence-corrected chi connectivity index (χ1v) is 6.95. The van der Waals surface area contributed by atoms with Gasteiger partial charge in [0.1, 0.15) is 5.69 Å². The molecule has 4 aromatic rings. The summed E-state index contributed by atoms with van der Waals surface area (Å²) in [6.07, 6.45) is 1.60. The Morgan fingerprint density at radius 1 is 1.00 bits per heavy atom. The van der Waals surface area contributed by atoms with Gasteiger partial charge >= 0.3 is 5.69 Å². The Labute approximate surface area is 129 Å². The quantitative estimate of drug-likeness (QED) is 0.506. The molecule has 4 rings (SSSR count). The van der Waals surface area contributed by atoms with Gasteiger partial charge < -0.3 is 0 Å². The van der Waals surface area contributed by atoms with Crippen LogP contribution in [0.3, 0.4) is 0 Å². The van der Waals surface area contributed by atoms with Crippen LogP contribution in [0.25, 0.3) is 28.2 Å². The van der Waals surface area contributed by atoms with Gasteiger partial charge in [0.15, 0.2) is 11.2 Å². The van der Waals surface area contributed by atoms with Crippen molar-refractivity contribution in [1.29, 1.82) is 0 Å². The van der Waals surface area contributed by atoms with Crippen molar-refractivity contribution in [3.05, 3.63) is 57.4 Å². The average molecular weight is 308 g/mol. The highest BCUT2D eigenvalue weighted by Gasteiger charge is 2.17. The number of fused-ring (bicyclic) bond motifs is 3. The second kappa shape index (κ2) is 4.60. The fourth-order valence-corrected chi connectivity index (χ4v) is 2.54. The predicted molar refractivity (Wildman–Crippen MR) is 84.2 cm³/mol. The lowest BCUT2D eigenvalue weighted by molar-refractivity contribution is 0.706. The molecule has 0 saturated carbocycles. The Balaban J connectivity index is 2.15. The molecule has 114 valence electrons. The Morgan fingerprint density at radius 2 is 1.74 bits per heavy atom. The highest BCUT2D eigenvalue weighted by Crippen LogP contribution is 2.16. The lowest BCUT2D eigenvalue weighted by Gasteiger charge is -2.03. The Bertz CT molecular complexity index is 1170. The van der Waals surface area contributed by atoms with E-state index in [2.05, 4.69) is 15.1 Å². The monoisotopic (exact) mass is 308 g/mol. The summed E-state index contributed by atoms with van der Waals surface area (Å²) in [7, 11) is 2.99. The summed E-state index contributed by atoms with van der Waals surface area (Å²) in [5.41, 5.74) is 1.11. The minimum Gasteiger partial charge on any atom is -0.279 e. The van der Waals surface area contributed by atoms with Gasteiger partial charge in [-0.1, -0.05) is 30.3 Å². The number of hydrogen-bond acceptors (Lipinski definition) is 5. The molecule has 0 amide bonds. The summed E-state index contributed by atoms with van der Waals surface area (Å²) in [5, 5.41) is 4.47. The van der Waals surface area contributed by atoms with Gasteiger partial charge in [-0.25, -0.2) is 9.78 Å². The molecule has 0 saturated heterocycles. The minimum atomic E-state index is -0.449. The molecule has 0 unspecified atom stereocenters. The predicted octanol–water partition coefficient (Wildman–Crippen LogP) is 0.342. The van der Waals surface area contributed by atoms with Crippen molar-refractivity contribution < 1.29 is 0 Å². The fraction of sp³-hybridized carbons (Fsp3) is 0.133. The van der Waals surface area contributed by atoms with Gasteiger partial charge in [-0.05, 0) is 0 Å². The van der Waals surface area contributed by atoms with Crippen molar-refractivity contribution in [3.8, 4) is 11.3 Å². The first kappa shape index (κ1) is 13.4. The first-order valence-electron chi connectivity index (χ1n) is 6.95. The Hall–Kier alpha value is -3.29. The van der Waals surface area contributed by atoms with Crippen LogP contribution in [0.15, 0.2) is 46.1 Å². The summed E-state index contributed by atoms with van der Waals surface area (Å²) in [6.45, 7) is 0. The summed E-state index contributed by atoms with van der Waals surface area (Å²) in [4.78, 5) is 33.0. The van der Waals surface area contributed by atoms with Crippen LogP contribution in [0.2, 0.25) is 0 Å². The molecule has 0 aliphatic rings. The van der Waals surface area contributed by atoms with E-state index in [9.17, 15) is 9.59 Å². The molecule has 0 aliphatic carbocycles. The summed E-state index contributed by atoms with van der Waals surface area (Å²) in [5.74, 6) is 0.276. The normalized spacial score (nSPS) is 11.4. The van der Waals surface area contributed by atoms with E-state index in [4.69, 9.17) is 0 Å². The third kappa shape index (κ3) is 1.81. The zero-order chi connectivity index (χ0) is 16.1. The molecule has 0 bridgehead atoms. The SMILES string of the molecule is Cn1c(=O)c2c(nc3ncc(-c4ccccc4)nn32)n(C)c1=O. The van der Waals surface area contributed by atoms with Crippen LogP contribution in [0.5, 0.6) is 0 Å². The lowest BCUT2D eigenvalue weighted by atomic mass is 10.2. The van der Waals surface area contributed by atoms with Crippen LogP contribution in [0, 0.1) is 0 Å². The van der Waals surface area contributed by atoms with Crippen molar-refractivity contribution in [2.75, 3.05) is 0 Å². The van der Waals surface area contributed by atoms with Crippen molar-refractivity contribution in [2.45, 2.75) is 0 Å². The second-order valence-electron chi connectivity index (χ2n) is 5.21. The smallest absolute Gasteiger partial charge is 0.279 e.